The lowest BCUT2D eigenvalue weighted by Crippen LogP contribution is -2.47. The van der Waals surface area contributed by atoms with Crippen molar-refractivity contribution in [3.63, 3.8) is 0 Å². The molecule has 0 spiro atoms. The first-order valence-corrected chi connectivity index (χ1v) is 7.09. The molecule has 2 amide bonds. The average molecular weight is 343 g/mol. The van der Waals surface area contributed by atoms with Gasteiger partial charge in [-0.2, -0.15) is 0 Å². The van der Waals surface area contributed by atoms with Gasteiger partial charge in [0, 0.05) is 16.6 Å². The highest BCUT2D eigenvalue weighted by atomic mass is 79.9. The van der Waals surface area contributed by atoms with Crippen molar-refractivity contribution in [2.75, 3.05) is 26.2 Å². The van der Waals surface area contributed by atoms with E-state index in [9.17, 15) is 9.18 Å². The van der Waals surface area contributed by atoms with E-state index >= 15 is 0 Å². The molecule has 0 bridgehead atoms. The molecule has 0 radical (unpaired) electrons. The standard InChI is InChI=1S/C14H16BrFN2O2/c1-10(15)8-17-14(19)18-6-7-20-13(9-18)11-4-2-3-5-12(11)16/h2-5,13H,1,6-9H2,(H,17,19)/t13-/m0/s1. The van der Waals surface area contributed by atoms with Gasteiger partial charge in [-0.3, -0.25) is 0 Å². The number of carbonyl (C=O) groups excluding carboxylic acids is 1. The largest absolute Gasteiger partial charge is 0.370 e. The molecule has 108 valence electrons. The Kier molecular flexibility index (Phi) is 5.14. The van der Waals surface area contributed by atoms with Crippen molar-refractivity contribution in [3.8, 4) is 0 Å². The lowest BCUT2D eigenvalue weighted by molar-refractivity contribution is -0.0170. The molecule has 6 heteroatoms. The van der Waals surface area contributed by atoms with Gasteiger partial charge in [0.25, 0.3) is 0 Å². The van der Waals surface area contributed by atoms with Crippen LogP contribution in [0.3, 0.4) is 0 Å². The predicted molar refractivity (Wildman–Crippen MR) is 78.1 cm³/mol. The Labute approximate surface area is 125 Å². The molecule has 1 aliphatic rings. The van der Waals surface area contributed by atoms with Gasteiger partial charge < -0.3 is 15.0 Å². The second-order valence-electron chi connectivity index (χ2n) is 4.50. The van der Waals surface area contributed by atoms with Crippen LogP contribution in [-0.2, 0) is 4.74 Å². The van der Waals surface area contributed by atoms with Crippen molar-refractivity contribution in [1.29, 1.82) is 0 Å². The molecule has 0 unspecified atom stereocenters. The predicted octanol–water partition coefficient (Wildman–Crippen LogP) is 2.82. The average Bonchev–Trinajstić information content (AvgIpc) is 2.45. The molecule has 1 fully saturated rings. The minimum Gasteiger partial charge on any atom is -0.370 e. The van der Waals surface area contributed by atoms with Crippen molar-refractivity contribution >= 4 is 22.0 Å². The Morgan fingerprint density at radius 2 is 2.30 bits per heavy atom. The minimum absolute atomic E-state index is 0.199. The Morgan fingerprint density at radius 3 is 3.00 bits per heavy atom. The summed E-state index contributed by atoms with van der Waals surface area (Å²) >= 11 is 3.18. The SMILES string of the molecule is C=C(Br)CNC(=O)N1CCO[C@H](c2ccccc2F)C1. The van der Waals surface area contributed by atoms with Gasteiger partial charge in [-0.05, 0) is 6.07 Å². The second-order valence-corrected chi connectivity index (χ2v) is 5.62. The molecule has 1 aromatic carbocycles. The highest BCUT2D eigenvalue weighted by molar-refractivity contribution is 9.11. The summed E-state index contributed by atoms with van der Waals surface area (Å²) in [5, 5.41) is 2.73. The minimum atomic E-state index is -0.428. The van der Waals surface area contributed by atoms with Gasteiger partial charge in [0.2, 0.25) is 0 Å². The van der Waals surface area contributed by atoms with Gasteiger partial charge in [-0.25, -0.2) is 9.18 Å². The summed E-state index contributed by atoms with van der Waals surface area (Å²) in [6, 6.07) is 6.27. The Bertz CT molecular complexity index is 510. The lowest BCUT2D eigenvalue weighted by Gasteiger charge is -2.33. The molecule has 2 rings (SSSR count). The number of hydrogen-bond donors (Lipinski definition) is 1. The van der Waals surface area contributed by atoms with Crippen molar-refractivity contribution in [2.24, 2.45) is 0 Å². The van der Waals surface area contributed by atoms with Crippen LogP contribution in [0, 0.1) is 5.82 Å². The van der Waals surface area contributed by atoms with Gasteiger partial charge >= 0.3 is 6.03 Å². The molecule has 1 heterocycles. The number of nitrogens with one attached hydrogen (secondary N) is 1. The zero-order chi connectivity index (χ0) is 14.5. The van der Waals surface area contributed by atoms with Crippen LogP contribution in [0.5, 0.6) is 0 Å². The van der Waals surface area contributed by atoms with E-state index in [2.05, 4.69) is 27.8 Å². The van der Waals surface area contributed by atoms with Gasteiger partial charge in [-0.1, -0.05) is 40.7 Å². The summed E-state index contributed by atoms with van der Waals surface area (Å²) in [6.07, 6.45) is -0.428. The fourth-order valence-electron chi connectivity index (χ4n) is 2.04. The third kappa shape index (κ3) is 3.80. The normalized spacial score (nSPS) is 18.7. The topological polar surface area (TPSA) is 41.6 Å². The number of rotatable bonds is 3. The molecule has 1 aromatic rings. The number of amides is 2. The van der Waals surface area contributed by atoms with Gasteiger partial charge in [-0.15, -0.1) is 0 Å². The van der Waals surface area contributed by atoms with Gasteiger partial charge in [0.1, 0.15) is 11.9 Å². The van der Waals surface area contributed by atoms with Crippen molar-refractivity contribution in [1.82, 2.24) is 10.2 Å². The van der Waals surface area contributed by atoms with Crippen LogP contribution < -0.4 is 5.32 Å². The summed E-state index contributed by atoms with van der Waals surface area (Å²) in [4.78, 5) is 13.6. The summed E-state index contributed by atoms with van der Waals surface area (Å²) < 4.78 is 20.0. The quantitative estimate of drug-likeness (QED) is 0.917. The lowest BCUT2D eigenvalue weighted by atomic mass is 10.1. The number of morpholine rings is 1. The molecule has 20 heavy (non-hydrogen) atoms. The van der Waals surface area contributed by atoms with Crippen LogP contribution in [0.25, 0.3) is 0 Å². The second kappa shape index (κ2) is 6.85. The van der Waals surface area contributed by atoms with E-state index in [1.165, 1.54) is 6.07 Å². The molecule has 1 atom stereocenters. The van der Waals surface area contributed by atoms with Crippen LogP contribution >= 0.6 is 15.9 Å². The van der Waals surface area contributed by atoms with Gasteiger partial charge in [0.15, 0.2) is 0 Å². The number of carbonyl (C=O) groups is 1. The first-order chi connectivity index (χ1) is 9.58. The number of nitrogens with zero attached hydrogens (tertiary/aromatic N) is 1. The van der Waals surface area contributed by atoms with Crippen LogP contribution in [-0.4, -0.2) is 37.2 Å². The molecule has 1 aliphatic heterocycles. The number of benzene rings is 1. The fraction of sp³-hybridized carbons (Fsp3) is 0.357. The molecular formula is C14H16BrFN2O2. The van der Waals surface area contributed by atoms with E-state index < -0.39 is 6.10 Å². The van der Waals surface area contributed by atoms with E-state index in [0.29, 0.717) is 36.3 Å². The van der Waals surface area contributed by atoms with E-state index in [4.69, 9.17) is 4.74 Å². The van der Waals surface area contributed by atoms with Gasteiger partial charge in [0.05, 0.1) is 19.7 Å². The van der Waals surface area contributed by atoms with E-state index in [0.717, 1.165) is 0 Å². The first-order valence-electron chi connectivity index (χ1n) is 6.30. The van der Waals surface area contributed by atoms with E-state index in [-0.39, 0.29) is 11.8 Å². The molecule has 1 N–H and O–H groups in total. The Morgan fingerprint density at radius 1 is 1.55 bits per heavy atom. The molecule has 0 aromatic heterocycles. The highest BCUT2D eigenvalue weighted by Gasteiger charge is 2.26. The maximum Gasteiger partial charge on any atom is 0.317 e. The third-order valence-corrected chi connectivity index (χ3v) is 3.32. The zero-order valence-corrected chi connectivity index (χ0v) is 12.5. The molecule has 4 nitrogen and oxygen atoms in total. The van der Waals surface area contributed by atoms with E-state index in [1.807, 2.05) is 0 Å². The number of ether oxygens (including phenoxy) is 1. The summed E-state index contributed by atoms with van der Waals surface area (Å²) in [5.74, 6) is -0.311. The molecule has 0 aliphatic carbocycles. The smallest absolute Gasteiger partial charge is 0.317 e. The first kappa shape index (κ1) is 15.0. The monoisotopic (exact) mass is 342 g/mol. The number of urea groups is 1. The summed E-state index contributed by atoms with van der Waals surface area (Å²) in [5.41, 5.74) is 0.481. The maximum absolute atomic E-state index is 13.7. The molecular weight excluding hydrogens is 327 g/mol. The Hall–Kier alpha value is -1.40. The number of hydrogen-bond acceptors (Lipinski definition) is 2. The van der Waals surface area contributed by atoms with Crippen LogP contribution in [0.1, 0.15) is 11.7 Å². The highest BCUT2D eigenvalue weighted by Crippen LogP contribution is 2.24. The molecule has 1 saturated heterocycles. The van der Waals surface area contributed by atoms with Crippen LogP contribution in [0.4, 0.5) is 9.18 Å². The Balaban J connectivity index is 2.00. The van der Waals surface area contributed by atoms with Crippen molar-refractivity contribution in [2.45, 2.75) is 6.10 Å². The number of halogens is 2. The molecule has 0 saturated carbocycles. The zero-order valence-electron chi connectivity index (χ0n) is 10.9. The van der Waals surface area contributed by atoms with Crippen LogP contribution in [0.15, 0.2) is 35.3 Å². The fourth-order valence-corrected chi connectivity index (χ4v) is 2.18. The van der Waals surface area contributed by atoms with Crippen molar-refractivity contribution < 1.29 is 13.9 Å². The summed E-state index contributed by atoms with van der Waals surface area (Å²) in [7, 11) is 0. The van der Waals surface area contributed by atoms with E-state index in [1.54, 1.807) is 23.1 Å². The third-order valence-electron chi connectivity index (χ3n) is 3.04. The van der Waals surface area contributed by atoms with Crippen molar-refractivity contribution in [3.05, 3.63) is 46.7 Å². The summed E-state index contributed by atoms with van der Waals surface area (Å²) in [6.45, 7) is 5.23. The maximum atomic E-state index is 13.7. The van der Waals surface area contributed by atoms with Crippen LogP contribution in [0.2, 0.25) is 0 Å².